The molecule has 0 aliphatic rings. The average molecular weight is 251 g/mol. The summed E-state index contributed by atoms with van der Waals surface area (Å²) in [6.45, 7) is 1.50. The number of Topliss-reactive ketones (excluding diaryl/α,β-unsaturated/α-hetero) is 1. The molecule has 0 fully saturated rings. The largest absolute Gasteiger partial charge is 0.495 e. The number of hydrogen-bond donors (Lipinski definition) is 0. The number of hydrogen-bond acceptors (Lipinski definition) is 3. The van der Waals surface area contributed by atoms with Crippen molar-refractivity contribution >= 4 is 17.4 Å². The summed E-state index contributed by atoms with van der Waals surface area (Å²) in [4.78, 5) is 11.2. The number of ketones is 1. The number of aromatic nitrogens is 2. The van der Waals surface area contributed by atoms with Gasteiger partial charge in [0.05, 0.1) is 29.6 Å². The van der Waals surface area contributed by atoms with Crippen LogP contribution < -0.4 is 4.74 Å². The molecule has 1 heterocycles. The molecule has 0 atom stereocenters. The van der Waals surface area contributed by atoms with Gasteiger partial charge in [0.1, 0.15) is 5.75 Å². The van der Waals surface area contributed by atoms with Gasteiger partial charge in [0.15, 0.2) is 5.78 Å². The first-order chi connectivity index (χ1) is 8.11. The number of nitrogens with zero attached hydrogens (tertiary/aromatic N) is 2. The standard InChI is InChI=1S/C12H11ClN2O2/c1-8(16)9-6-14-15(7-9)10-3-4-12(17-2)11(13)5-10/h3-7H,1-2H3. The molecule has 1 aromatic carbocycles. The Morgan fingerprint density at radius 1 is 1.47 bits per heavy atom. The van der Waals surface area contributed by atoms with Gasteiger partial charge in [-0.15, -0.1) is 0 Å². The molecule has 2 rings (SSSR count). The van der Waals surface area contributed by atoms with E-state index < -0.39 is 0 Å². The van der Waals surface area contributed by atoms with Gasteiger partial charge < -0.3 is 4.74 Å². The molecule has 0 saturated heterocycles. The van der Waals surface area contributed by atoms with Crippen molar-refractivity contribution in [3.05, 3.63) is 41.2 Å². The molecule has 0 saturated carbocycles. The van der Waals surface area contributed by atoms with Crippen LogP contribution in [0.15, 0.2) is 30.6 Å². The van der Waals surface area contributed by atoms with Crippen molar-refractivity contribution in [2.24, 2.45) is 0 Å². The lowest BCUT2D eigenvalue weighted by Crippen LogP contribution is -1.95. The first kappa shape index (κ1) is 11.7. The van der Waals surface area contributed by atoms with E-state index in [2.05, 4.69) is 5.10 Å². The van der Waals surface area contributed by atoms with Crippen molar-refractivity contribution in [3.8, 4) is 11.4 Å². The van der Waals surface area contributed by atoms with E-state index in [0.29, 0.717) is 16.3 Å². The highest BCUT2D eigenvalue weighted by Crippen LogP contribution is 2.26. The van der Waals surface area contributed by atoms with Crippen molar-refractivity contribution in [3.63, 3.8) is 0 Å². The summed E-state index contributed by atoms with van der Waals surface area (Å²) in [5.41, 5.74) is 1.35. The molecular weight excluding hydrogens is 240 g/mol. The van der Waals surface area contributed by atoms with Gasteiger partial charge in [-0.2, -0.15) is 5.10 Å². The van der Waals surface area contributed by atoms with Crippen LogP contribution in [0.4, 0.5) is 0 Å². The summed E-state index contributed by atoms with van der Waals surface area (Å²) in [5.74, 6) is 0.588. The quantitative estimate of drug-likeness (QED) is 0.787. The highest BCUT2D eigenvalue weighted by atomic mass is 35.5. The van der Waals surface area contributed by atoms with Crippen LogP contribution >= 0.6 is 11.6 Å². The average Bonchev–Trinajstić information content (AvgIpc) is 2.78. The zero-order valence-electron chi connectivity index (χ0n) is 9.48. The van der Waals surface area contributed by atoms with E-state index in [-0.39, 0.29) is 5.78 Å². The van der Waals surface area contributed by atoms with Crippen LogP contribution in [0.2, 0.25) is 5.02 Å². The van der Waals surface area contributed by atoms with E-state index >= 15 is 0 Å². The lowest BCUT2D eigenvalue weighted by molar-refractivity contribution is 0.101. The zero-order valence-corrected chi connectivity index (χ0v) is 10.2. The van der Waals surface area contributed by atoms with Crippen molar-refractivity contribution < 1.29 is 9.53 Å². The topological polar surface area (TPSA) is 44.1 Å². The number of carbonyl (C=O) groups is 1. The molecule has 0 unspecified atom stereocenters. The Hall–Kier alpha value is -1.81. The van der Waals surface area contributed by atoms with Crippen LogP contribution in [0.25, 0.3) is 5.69 Å². The van der Waals surface area contributed by atoms with Gasteiger partial charge in [0, 0.05) is 6.20 Å². The fraction of sp³-hybridized carbons (Fsp3) is 0.167. The summed E-state index contributed by atoms with van der Waals surface area (Å²) < 4.78 is 6.66. The third-order valence-corrected chi connectivity index (χ3v) is 2.68. The molecule has 5 heteroatoms. The van der Waals surface area contributed by atoms with Gasteiger partial charge in [-0.3, -0.25) is 4.79 Å². The Kier molecular flexibility index (Phi) is 3.15. The van der Waals surface area contributed by atoms with Crippen LogP contribution in [-0.2, 0) is 0 Å². The molecule has 0 radical (unpaired) electrons. The van der Waals surface area contributed by atoms with Gasteiger partial charge in [-0.25, -0.2) is 4.68 Å². The SMILES string of the molecule is COc1ccc(-n2cc(C(C)=O)cn2)cc1Cl. The molecule has 4 nitrogen and oxygen atoms in total. The van der Waals surface area contributed by atoms with E-state index in [1.165, 1.54) is 13.1 Å². The second-order valence-electron chi connectivity index (χ2n) is 3.55. The number of carbonyl (C=O) groups excluding carboxylic acids is 1. The Labute approximate surface area is 104 Å². The van der Waals surface area contributed by atoms with Gasteiger partial charge in [0.25, 0.3) is 0 Å². The van der Waals surface area contributed by atoms with Gasteiger partial charge in [0.2, 0.25) is 0 Å². The molecule has 0 N–H and O–H groups in total. The number of rotatable bonds is 3. The smallest absolute Gasteiger partial charge is 0.162 e. The molecule has 1 aromatic heterocycles. The lowest BCUT2D eigenvalue weighted by atomic mass is 10.2. The maximum Gasteiger partial charge on any atom is 0.162 e. The Bertz CT molecular complexity index is 563. The van der Waals surface area contributed by atoms with Crippen LogP contribution in [0.1, 0.15) is 17.3 Å². The minimum Gasteiger partial charge on any atom is -0.495 e. The second kappa shape index (κ2) is 4.59. The van der Waals surface area contributed by atoms with E-state index in [1.54, 1.807) is 30.1 Å². The van der Waals surface area contributed by atoms with Crippen LogP contribution in [0.5, 0.6) is 5.75 Å². The van der Waals surface area contributed by atoms with Crippen LogP contribution in [0.3, 0.4) is 0 Å². The molecule has 17 heavy (non-hydrogen) atoms. The van der Waals surface area contributed by atoms with Crippen LogP contribution in [0, 0.1) is 0 Å². The van der Waals surface area contributed by atoms with E-state index in [0.717, 1.165) is 5.69 Å². The molecule has 2 aromatic rings. The summed E-state index contributed by atoms with van der Waals surface area (Å²) in [5, 5.41) is 4.61. The van der Waals surface area contributed by atoms with E-state index in [4.69, 9.17) is 16.3 Å². The minimum atomic E-state index is -0.0177. The maximum absolute atomic E-state index is 11.2. The second-order valence-corrected chi connectivity index (χ2v) is 3.96. The van der Waals surface area contributed by atoms with E-state index in [1.807, 2.05) is 6.07 Å². The van der Waals surface area contributed by atoms with Crippen molar-refractivity contribution in [1.29, 1.82) is 0 Å². The highest BCUT2D eigenvalue weighted by molar-refractivity contribution is 6.32. The third-order valence-electron chi connectivity index (χ3n) is 2.39. The highest BCUT2D eigenvalue weighted by Gasteiger charge is 2.07. The zero-order chi connectivity index (χ0) is 12.4. The predicted octanol–water partition coefficient (Wildman–Crippen LogP) is 2.74. The Morgan fingerprint density at radius 2 is 2.24 bits per heavy atom. The molecule has 0 aliphatic heterocycles. The monoisotopic (exact) mass is 250 g/mol. The molecule has 0 spiro atoms. The van der Waals surface area contributed by atoms with E-state index in [9.17, 15) is 4.79 Å². The molecule has 0 aliphatic carbocycles. The third kappa shape index (κ3) is 2.31. The molecule has 0 bridgehead atoms. The molecular formula is C12H11ClN2O2. The normalized spacial score (nSPS) is 10.3. The number of ether oxygens (including phenoxy) is 1. The molecule has 88 valence electrons. The number of halogens is 1. The first-order valence-electron chi connectivity index (χ1n) is 5.01. The summed E-state index contributed by atoms with van der Waals surface area (Å²) >= 11 is 6.02. The van der Waals surface area contributed by atoms with Crippen molar-refractivity contribution in [2.45, 2.75) is 6.92 Å². The summed E-state index contributed by atoms with van der Waals surface area (Å²) in [7, 11) is 1.56. The molecule has 0 amide bonds. The number of benzene rings is 1. The maximum atomic E-state index is 11.2. The summed E-state index contributed by atoms with van der Waals surface area (Å²) in [6.07, 6.45) is 3.20. The van der Waals surface area contributed by atoms with Crippen molar-refractivity contribution in [2.75, 3.05) is 7.11 Å². The summed E-state index contributed by atoms with van der Waals surface area (Å²) in [6, 6.07) is 5.31. The van der Waals surface area contributed by atoms with Gasteiger partial charge in [-0.05, 0) is 25.1 Å². The van der Waals surface area contributed by atoms with Gasteiger partial charge >= 0.3 is 0 Å². The first-order valence-corrected chi connectivity index (χ1v) is 5.39. The van der Waals surface area contributed by atoms with Crippen molar-refractivity contribution in [1.82, 2.24) is 9.78 Å². The lowest BCUT2D eigenvalue weighted by Gasteiger charge is -2.05. The fourth-order valence-electron chi connectivity index (χ4n) is 1.44. The van der Waals surface area contributed by atoms with Crippen LogP contribution in [-0.4, -0.2) is 22.7 Å². The number of methoxy groups -OCH3 is 1. The minimum absolute atomic E-state index is 0.0177. The fourth-order valence-corrected chi connectivity index (χ4v) is 1.70. The Balaban J connectivity index is 2.39. The van der Waals surface area contributed by atoms with Gasteiger partial charge in [-0.1, -0.05) is 11.6 Å². The predicted molar refractivity (Wildman–Crippen MR) is 65.1 cm³/mol. The Morgan fingerprint density at radius 3 is 2.76 bits per heavy atom.